The van der Waals surface area contributed by atoms with E-state index in [4.69, 9.17) is 23.2 Å². The fourth-order valence-corrected chi connectivity index (χ4v) is 4.04. The summed E-state index contributed by atoms with van der Waals surface area (Å²) < 4.78 is 16.1. The van der Waals surface area contributed by atoms with Crippen molar-refractivity contribution in [1.82, 2.24) is 8.59 Å². The Bertz CT molecular complexity index is 738. The van der Waals surface area contributed by atoms with Gasteiger partial charge in [0.1, 0.15) is 12.8 Å². The van der Waals surface area contributed by atoms with Crippen LogP contribution in [0.3, 0.4) is 0 Å². The Morgan fingerprint density at radius 3 is 2.58 bits per heavy atom. The molecule has 1 aromatic rings. The van der Waals surface area contributed by atoms with Crippen LogP contribution in [0.2, 0.25) is 0 Å². The fraction of sp³-hybridized carbons (Fsp3) is 0.294. The average Bonchev–Trinajstić information content (AvgIpc) is 2.80. The second-order valence-corrected chi connectivity index (χ2v) is 8.67. The van der Waals surface area contributed by atoms with Gasteiger partial charge in [0.15, 0.2) is 4.84 Å². The SMILES string of the molecule is CC1=CC=C(c2ccc([C@@H](O)[C@@H](CF)NC(=O)C(Cl)Cl)cc2)C=IN1[O-]. The molecule has 0 aliphatic carbocycles. The molecule has 1 aromatic carbocycles. The Morgan fingerprint density at radius 1 is 1.35 bits per heavy atom. The lowest BCUT2D eigenvalue weighted by Gasteiger charge is -2.24. The van der Waals surface area contributed by atoms with Crippen molar-refractivity contribution in [3.63, 3.8) is 0 Å². The fourth-order valence-electron chi connectivity index (χ4n) is 2.19. The molecule has 1 amide bonds. The van der Waals surface area contributed by atoms with Gasteiger partial charge in [0, 0.05) is 5.70 Å². The van der Waals surface area contributed by atoms with E-state index in [1.807, 2.05) is 10.1 Å². The van der Waals surface area contributed by atoms with Gasteiger partial charge in [-0.1, -0.05) is 53.5 Å². The summed E-state index contributed by atoms with van der Waals surface area (Å²) >= 11 is 10.1. The summed E-state index contributed by atoms with van der Waals surface area (Å²) in [4.78, 5) is 10.2. The van der Waals surface area contributed by atoms with E-state index < -0.39 is 50.6 Å². The molecule has 0 fully saturated rings. The smallest absolute Gasteiger partial charge is 0.253 e. The van der Waals surface area contributed by atoms with Gasteiger partial charge in [-0.15, -0.1) is 0 Å². The third kappa shape index (κ3) is 5.50. The topological polar surface area (TPSA) is 75.6 Å². The predicted octanol–water partition coefficient (Wildman–Crippen LogP) is 3.77. The molecule has 2 atom stereocenters. The molecule has 0 saturated carbocycles. The number of nitrogens with zero attached hydrogens (tertiary/aromatic N) is 1. The van der Waals surface area contributed by atoms with Gasteiger partial charge >= 0.3 is 0 Å². The van der Waals surface area contributed by atoms with Crippen molar-refractivity contribution < 1.29 is 14.3 Å². The molecule has 0 radical (unpaired) electrons. The first-order valence-corrected chi connectivity index (χ1v) is 10.7. The van der Waals surface area contributed by atoms with Crippen LogP contribution in [0.5, 0.6) is 0 Å². The molecule has 2 N–H and O–H groups in total. The lowest BCUT2D eigenvalue weighted by atomic mass is 9.99. The van der Waals surface area contributed by atoms with Crippen LogP contribution < -0.4 is 5.32 Å². The summed E-state index contributed by atoms with van der Waals surface area (Å²) in [6, 6.07) is 5.70. The Morgan fingerprint density at radius 2 is 2.00 bits per heavy atom. The van der Waals surface area contributed by atoms with Crippen LogP contribution in [0.25, 0.3) is 5.57 Å². The number of benzene rings is 1. The van der Waals surface area contributed by atoms with Crippen LogP contribution in [-0.4, -0.2) is 35.9 Å². The average molecular weight is 514 g/mol. The summed E-state index contributed by atoms with van der Waals surface area (Å²) in [6.45, 7) is 0.791. The predicted molar refractivity (Wildman–Crippen MR) is 112 cm³/mol. The monoisotopic (exact) mass is 513 g/mol. The minimum Gasteiger partial charge on any atom is -0.750 e. The van der Waals surface area contributed by atoms with Gasteiger partial charge in [-0.2, -0.15) is 0 Å². The van der Waals surface area contributed by atoms with Crippen LogP contribution in [-0.2, 0) is 4.79 Å². The van der Waals surface area contributed by atoms with E-state index in [9.17, 15) is 19.5 Å². The number of carbonyl (C=O) groups is 1. The van der Waals surface area contributed by atoms with Crippen molar-refractivity contribution in [2.24, 2.45) is 0 Å². The number of nitrogens with one attached hydrogen (secondary N) is 1. The van der Waals surface area contributed by atoms with Gasteiger partial charge in [0.05, 0.1) is 6.04 Å². The quantitative estimate of drug-likeness (QED) is 0.345. The lowest BCUT2D eigenvalue weighted by molar-refractivity contribution is -0.121. The van der Waals surface area contributed by atoms with Crippen molar-refractivity contribution in [2.75, 3.05) is 6.67 Å². The number of aliphatic hydroxyl groups is 1. The number of alkyl halides is 3. The third-order valence-corrected chi connectivity index (χ3v) is 6.31. The number of hydrogen-bond donors (Lipinski definition) is 2. The molecule has 2 rings (SSSR count). The van der Waals surface area contributed by atoms with E-state index >= 15 is 0 Å². The van der Waals surface area contributed by atoms with E-state index in [1.54, 1.807) is 37.3 Å². The van der Waals surface area contributed by atoms with Crippen molar-refractivity contribution in [2.45, 2.75) is 23.9 Å². The number of allylic oxidation sites excluding steroid dienone is 4. The van der Waals surface area contributed by atoms with Gasteiger partial charge < -0.3 is 18.9 Å². The van der Waals surface area contributed by atoms with Crippen molar-refractivity contribution >= 4 is 59.7 Å². The zero-order valence-electron chi connectivity index (χ0n) is 13.7. The molecule has 1 aliphatic rings. The molecule has 0 bridgehead atoms. The first kappa shape index (κ1) is 21.3. The van der Waals surface area contributed by atoms with Crippen molar-refractivity contribution in [3.05, 3.63) is 58.4 Å². The number of amides is 1. The molecular weight excluding hydrogens is 497 g/mol. The van der Waals surface area contributed by atoms with Crippen molar-refractivity contribution in [3.8, 4) is 0 Å². The first-order valence-electron chi connectivity index (χ1n) is 7.59. The second-order valence-electron chi connectivity index (χ2n) is 5.52. The maximum Gasteiger partial charge on any atom is 0.253 e. The molecular formula is C17H17Cl2FIN2O3-. The summed E-state index contributed by atoms with van der Waals surface area (Å²) in [5.74, 6) is -0.766. The zero-order chi connectivity index (χ0) is 19.3. The minimum absolute atomic E-state index is 0.443. The van der Waals surface area contributed by atoms with E-state index in [0.717, 1.165) is 14.4 Å². The molecule has 1 aliphatic heterocycles. The van der Waals surface area contributed by atoms with E-state index in [0.29, 0.717) is 11.3 Å². The first-order chi connectivity index (χ1) is 12.3. The number of hydrogen-bond acceptors (Lipinski definition) is 4. The highest BCUT2D eigenvalue weighted by atomic mass is 127. The molecule has 1 heterocycles. The summed E-state index contributed by atoms with van der Waals surface area (Å²) in [6.07, 6.45) is 2.38. The molecule has 5 nitrogen and oxygen atoms in total. The Hall–Kier alpha value is -1.000. The van der Waals surface area contributed by atoms with Gasteiger partial charge in [0.2, 0.25) is 0 Å². The van der Waals surface area contributed by atoms with E-state index in [2.05, 4.69) is 5.32 Å². The maximum atomic E-state index is 13.2. The summed E-state index contributed by atoms with van der Waals surface area (Å²) in [5, 5.41) is 24.3. The summed E-state index contributed by atoms with van der Waals surface area (Å²) in [7, 11) is 0. The highest BCUT2D eigenvalue weighted by Crippen LogP contribution is 2.25. The van der Waals surface area contributed by atoms with Crippen LogP contribution in [0, 0.1) is 5.21 Å². The van der Waals surface area contributed by atoms with Crippen LogP contribution >= 0.6 is 44.2 Å². The van der Waals surface area contributed by atoms with Gasteiger partial charge in [-0.25, -0.2) is 4.39 Å². The highest BCUT2D eigenvalue weighted by Gasteiger charge is 2.25. The molecule has 0 unspecified atom stereocenters. The van der Waals surface area contributed by atoms with Crippen molar-refractivity contribution in [1.29, 1.82) is 0 Å². The number of aliphatic hydroxyl groups excluding tert-OH is 1. The Labute approximate surface area is 171 Å². The van der Waals surface area contributed by atoms with Gasteiger partial charge in [-0.05, 0) is 54.7 Å². The standard InChI is InChI=1S/C17H17Cl2FIN2O3/c1-10-2-3-13(9-21-23(10)26)11-4-6-12(7-5-11)15(24)14(8-20)22-17(25)16(18)19/h2-7,9,14-16,24H,8H2,1H3,(H,22,25)/q-1/t14-,15-/m1/s1. The number of rotatable bonds is 6. The number of carbonyl (C=O) groups excluding carboxylic acids is 1. The third-order valence-electron chi connectivity index (χ3n) is 3.70. The Kier molecular flexibility index (Phi) is 8.03. The van der Waals surface area contributed by atoms with Crippen LogP contribution in [0.15, 0.2) is 42.1 Å². The Balaban J connectivity index is 2.15. The van der Waals surface area contributed by atoms with E-state index in [1.165, 1.54) is 0 Å². The van der Waals surface area contributed by atoms with Gasteiger partial charge in [0.25, 0.3) is 5.91 Å². The normalized spacial score (nSPS) is 17.0. The molecule has 26 heavy (non-hydrogen) atoms. The van der Waals surface area contributed by atoms with Crippen LogP contribution in [0.1, 0.15) is 24.2 Å². The van der Waals surface area contributed by atoms with Crippen LogP contribution in [0.4, 0.5) is 4.39 Å². The van der Waals surface area contributed by atoms with E-state index in [-0.39, 0.29) is 0 Å². The molecule has 142 valence electrons. The highest BCUT2D eigenvalue weighted by molar-refractivity contribution is 14.2. The second kappa shape index (κ2) is 9.80. The molecule has 9 heteroatoms. The maximum absolute atomic E-state index is 13.2. The summed E-state index contributed by atoms with van der Waals surface area (Å²) in [5.41, 5.74) is 2.90. The number of halogens is 4. The minimum atomic E-state index is -1.34. The largest absolute Gasteiger partial charge is 0.750 e. The lowest BCUT2D eigenvalue weighted by Crippen LogP contribution is -2.43. The zero-order valence-corrected chi connectivity index (χ0v) is 17.4. The molecule has 0 aromatic heterocycles. The number of hydroxylamine groups is 1. The molecule has 0 spiro atoms. The molecule has 0 saturated heterocycles. The van der Waals surface area contributed by atoms with Gasteiger partial charge in [-0.3, -0.25) is 4.79 Å².